The molecule has 6 rings (SSSR count). The minimum absolute atomic E-state index is 0.114. The Balaban J connectivity index is 1.65. The van der Waals surface area contributed by atoms with Crippen molar-refractivity contribution in [2.75, 3.05) is 13.7 Å². The molecule has 1 atom stereocenters. The molecular formula is C29H32O4. The number of hydrogen-bond acceptors (Lipinski definition) is 4. The maximum absolute atomic E-state index is 11.3. The van der Waals surface area contributed by atoms with Crippen LogP contribution in [0, 0.1) is 10.8 Å². The van der Waals surface area contributed by atoms with E-state index >= 15 is 0 Å². The van der Waals surface area contributed by atoms with E-state index in [4.69, 9.17) is 14.2 Å². The zero-order chi connectivity index (χ0) is 23.2. The van der Waals surface area contributed by atoms with Gasteiger partial charge < -0.3 is 19.3 Å². The van der Waals surface area contributed by atoms with Crippen molar-refractivity contribution in [1.29, 1.82) is 0 Å². The highest BCUT2D eigenvalue weighted by molar-refractivity contribution is 6.06. The zero-order valence-corrected chi connectivity index (χ0v) is 20.1. The molecule has 172 valence electrons. The third-order valence-corrected chi connectivity index (χ3v) is 7.82. The molecule has 1 saturated carbocycles. The predicted octanol–water partition coefficient (Wildman–Crippen LogP) is 6.79. The van der Waals surface area contributed by atoms with Crippen LogP contribution >= 0.6 is 0 Å². The van der Waals surface area contributed by atoms with Crippen molar-refractivity contribution in [2.24, 2.45) is 10.8 Å². The van der Waals surface area contributed by atoms with Crippen LogP contribution in [-0.2, 0) is 10.2 Å². The van der Waals surface area contributed by atoms with E-state index in [1.807, 2.05) is 18.2 Å². The molecule has 0 saturated heterocycles. The van der Waals surface area contributed by atoms with Crippen LogP contribution in [0.25, 0.3) is 21.9 Å². The first kappa shape index (κ1) is 20.9. The van der Waals surface area contributed by atoms with Crippen molar-refractivity contribution in [3.63, 3.8) is 0 Å². The van der Waals surface area contributed by atoms with Gasteiger partial charge in [-0.15, -0.1) is 0 Å². The molecule has 33 heavy (non-hydrogen) atoms. The molecule has 1 spiro atoms. The maximum Gasteiger partial charge on any atom is 0.234 e. The van der Waals surface area contributed by atoms with Crippen LogP contribution in [0.15, 0.2) is 42.5 Å². The molecule has 3 aromatic carbocycles. The molecule has 1 unspecified atom stereocenters. The lowest BCUT2D eigenvalue weighted by Gasteiger charge is -2.51. The summed E-state index contributed by atoms with van der Waals surface area (Å²) in [6, 6.07) is 14.8. The number of phenols is 1. The molecule has 3 aromatic rings. The van der Waals surface area contributed by atoms with Crippen LogP contribution in [0.4, 0.5) is 0 Å². The Morgan fingerprint density at radius 2 is 1.58 bits per heavy atom. The number of rotatable bonds is 1. The summed E-state index contributed by atoms with van der Waals surface area (Å²) in [5.41, 5.74) is 5.43. The van der Waals surface area contributed by atoms with E-state index in [0.717, 1.165) is 23.6 Å². The highest BCUT2D eigenvalue weighted by Gasteiger charge is 2.53. The van der Waals surface area contributed by atoms with Gasteiger partial charge in [0.05, 0.1) is 0 Å². The van der Waals surface area contributed by atoms with E-state index in [2.05, 4.69) is 52.0 Å². The van der Waals surface area contributed by atoms with Gasteiger partial charge in [-0.05, 0) is 75.9 Å². The highest BCUT2D eigenvalue weighted by atomic mass is 16.7. The molecule has 1 heterocycles. The standard InChI is InChI=1S/C29H32O4/c1-27(2)14-28(3,4)16-29(15-27)20-9-7-6-8-17(20)26-19-11-23-24(33-25(31-5)13-32-23)10-18(19)22(30)12-21(26)29/h6-12,25,30H,13-16H2,1-5H3. The molecule has 1 aliphatic heterocycles. The summed E-state index contributed by atoms with van der Waals surface area (Å²) in [7, 11) is 1.61. The van der Waals surface area contributed by atoms with Gasteiger partial charge in [-0.1, -0.05) is 52.0 Å². The number of methoxy groups -OCH3 is 1. The summed E-state index contributed by atoms with van der Waals surface area (Å²) >= 11 is 0. The number of ether oxygens (including phenoxy) is 3. The van der Waals surface area contributed by atoms with E-state index in [-0.39, 0.29) is 16.2 Å². The second kappa shape index (κ2) is 6.66. The van der Waals surface area contributed by atoms with Gasteiger partial charge in [0.25, 0.3) is 0 Å². The van der Waals surface area contributed by atoms with Gasteiger partial charge in [0.15, 0.2) is 18.1 Å². The molecule has 3 aliphatic rings. The smallest absolute Gasteiger partial charge is 0.234 e. The fraction of sp³-hybridized carbons (Fsp3) is 0.448. The first-order chi connectivity index (χ1) is 15.6. The topological polar surface area (TPSA) is 47.9 Å². The van der Waals surface area contributed by atoms with Crippen LogP contribution in [-0.4, -0.2) is 25.1 Å². The van der Waals surface area contributed by atoms with Gasteiger partial charge in [0.2, 0.25) is 6.29 Å². The summed E-state index contributed by atoms with van der Waals surface area (Å²) in [5, 5.41) is 13.1. The minimum Gasteiger partial charge on any atom is -0.507 e. The van der Waals surface area contributed by atoms with Gasteiger partial charge in [-0.3, -0.25) is 0 Å². The molecule has 0 bridgehead atoms. The summed E-state index contributed by atoms with van der Waals surface area (Å²) in [4.78, 5) is 0. The van der Waals surface area contributed by atoms with E-state index in [1.165, 1.54) is 28.7 Å². The van der Waals surface area contributed by atoms with E-state index < -0.39 is 6.29 Å². The Morgan fingerprint density at radius 1 is 0.879 bits per heavy atom. The second-order valence-electron chi connectivity index (χ2n) is 11.7. The summed E-state index contributed by atoms with van der Waals surface area (Å²) in [5.74, 6) is 1.60. The number of aromatic hydroxyl groups is 1. The number of hydrogen-bond donors (Lipinski definition) is 1. The lowest BCUT2D eigenvalue weighted by Crippen LogP contribution is -2.43. The van der Waals surface area contributed by atoms with E-state index in [1.54, 1.807) is 7.11 Å². The van der Waals surface area contributed by atoms with Crippen LogP contribution in [0.5, 0.6) is 17.2 Å². The van der Waals surface area contributed by atoms with Crippen LogP contribution in [0.2, 0.25) is 0 Å². The number of fused-ring (bicyclic) bond motifs is 8. The average Bonchev–Trinajstić information content (AvgIpc) is 2.99. The normalized spacial score (nSPS) is 23.4. The summed E-state index contributed by atoms with van der Waals surface area (Å²) < 4.78 is 17.2. The van der Waals surface area contributed by atoms with Gasteiger partial charge in [0, 0.05) is 17.9 Å². The van der Waals surface area contributed by atoms with Gasteiger partial charge in [-0.2, -0.15) is 0 Å². The van der Waals surface area contributed by atoms with Crippen molar-refractivity contribution in [2.45, 2.75) is 58.7 Å². The Labute approximate surface area is 195 Å². The average molecular weight is 445 g/mol. The zero-order valence-electron chi connectivity index (χ0n) is 20.1. The van der Waals surface area contributed by atoms with E-state index in [0.29, 0.717) is 23.9 Å². The summed E-state index contributed by atoms with van der Waals surface area (Å²) in [6.07, 6.45) is 2.89. The molecule has 1 fully saturated rings. The first-order valence-corrected chi connectivity index (χ1v) is 11.9. The molecule has 0 amide bonds. The largest absolute Gasteiger partial charge is 0.507 e. The first-order valence-electron chi connectivity index (χ1n) is 11.9. The third-order valence-electron chi connectivity index (χ3n) is 7.82. The maximum atomic E-state index is 11.3. The molecule has 4 heteroatoms. The molecule has 0 radical (unpaired) electrons. The van der Waals surface area contributed by atoms with Gasteiger partial charge in [0.1, 0.15) is 5.75 Å². The van der Waals surface area contributed by atoms with Crippen molar-refractivity contribution >= 4 is 10.8 Å². The van der Waals surface area contributed by atoms with Crippen molar-refractivity contribution in [3.8, 4) is 28.4 Å². The monoisotopic (exact) mass is 444 g/mol. The Kier molecular flexibility index (Phi) is 4.21. The fourth-order valence-electron chi connectivity index (χ4n) is 7.49. The molecular weight excluding hydrogens is 412 g/mol. The lowest BCUT2D eigenvalue weighted by atomic mass is 9.52. The highest BCUT2D eigenvalue weighted by Crippen LogP contribution is 2.65. The second-order valence-corrected chi connectivity index (χ2v) is 11.7. The molecule has 2 aliphatic carbocycles. The minimum atomic E-state index is -0.442. The van der Waals surface area contributed by atoms with Crippen LogP contribution < -0.4 is 9.47 Å². The number of benzene rings is 3. The molecule has 4 nitrogen and oxygen atoms in total. The fourth-order valence-corrected chi connectivity index (χ4v) is 7.49. The van der Waals surface area contributed by atoms with Crippen molar-refractivity contribution in [1.82, 2.24) is 0 Å². The predicted molar refractivity (Wildman–Crippen MR) is 130 cm³/mol. The lowest BCUT2D eigenvalue weighted by molar-refractivity contribution is -0.0941. The van der Waals surface area contributed by atoms with Crippen LogP contribution in [0.1, 0.15) is 58.1 Å². The Bertz CT molecular complexity index is 1270. The van der Waals surface area contributed by atoms with Crippen molar-refractivity contribution < 1.29 is 19.3 Å². The van der Waals surface area contributed by atoms with E-state index in [9.17, 15) is 5.11 Å². The molecule has 1 N–H and O–H groups in total. The Morgan fingerprint density at radius 3 is 2.30 bits per heavy atom. The SMILES string of the molecule is COC1COc2cc3c4c(cc(O)c3cc2O1)C1(CC(C)(C)CC(C)(C)C1)c1ccccc1-4. The molecule has 0 aromatic heterocycles. The summed E-state index contributed by atoms with van der Waals surface area (Å²) in [6.45, 7) is 9.92. The Hall–Kier alpha value is -2.72. The third kappa shape index (κ3) is 3.00. The van der Waals surface area contributed by atoms with Crippen LogP contribution in [0.3, 0.4) is 0 Å². The van der Waals surface area contributed by atoms with Gasteiger partial charge >= 0.3 is 0 Å². The van der Waals surface area contributed by atoms with Crippen molar-refractivity contribution in [3.05, 3.63) is 53.6 Å². The van der Waals surface area contributed by atoms with Gasteiger partial charge in [-0.25, -0.2) is 0 Å². The quantitative estimate of drug-likeness (QED) is 0.449. The number of phenolic OH excluding ortho intramolecular Hbond substituents is 1.